The topological polar surface area (TPSA) is 12.0 Å². The number of benzene rings is 1. The van der Waals surface area contributed by atoms with E-state index in [1.54, 1.807) is 0 Å². The van der Waals surface area contributed by atoms with Gasteiger partial charge in [-0.15, -0.1) is 0 Å². The number of hydrogen-bond acceptors (Lipinski definition) is 1. The van der Waals surface area contributed by atoms with E-state index in [1.807, 2.05) is 0 Å². The second-order valence-corrected chi connectivity index (χ2v) is 3.85. The van der Waals surface area contributed by atoms with Gasteiger partial charge in [0.05, 0.1) is 0 Å². The van der Waals surface area contributed by atoms with Crippen molar-refractivity contribution in [2.45, 2.75) is 39.7 Å². The molecule has 0 aliphatic carbocycles. The summed E-state index contributed by atoms with van der Waals surface area (Å²) in [5.41, 5.74) is 2.77. The van der Waals surface area contributed by atoms with Gasteiger partial charge in [0.25, 0.3) is 0 Å². The van der Waals surface area contributed by atoms with E-state index in [0.717, 1.165) is 13.0 Å². The molecule has 0 aliphatic rings. The van der Waals surface area contributed by atoms with Gasteiger partial charge in [-0.3, -0.25) is 0 Å². The van der Waals surface area contributed by atoms with Gasteiger partial charge in [0.1, 0.15) is 0 Å². The maximum atomic E-state index is 3.50. The maximum Gasteiger partial charge on any atom is 0.0105 e. The predicted molar refractivity (Wildman–Crippen MR) is 62.6 cm³/mol. The molecule has 0 saturated heterocycles. The summed E-state index contributed by atoms with van der Waals surface area (Å²) in [6.45, 7) is 7.59. The molecule has 1 rings (SSSR count). The molecule has 0 aliphatic heterocycles. The van der Waals surface area contributed by atoms with Crippen LogP contribution >= 0.6 is 0 Å². The minimum atomic E-state index is 0.628. The fourth-order valence-corrected chi connectivity index (χ4v) is 1.66. The average molecular weight is 191 g/mol. The van der Waals surface area contributed by atoms with E-state index >= 15 is 0 Å². The van der Waals surface area contributed by atoms with Crippen LogP contribution in [0.5, 0.6) is 0 Å². The van der Waals surface area contributed by atoms with Crippen LogP contribution in [0.1, 0.15) is 31.4 Å². The Labute approximate surface area is 87.5 Å². The molecule has 0 radical (unpaired) electrons. The molecule has 0 aromatic heterocycles. The predicted octanol–water partition coefficient (Wildman–Crippen LogP) is 2.93. The molecule has 0 amide bonds. The highest BCUT2D eigenvalue weighted by Gasteiger charge is 2.04. The zero-order valence-corrected chi connectivity index (χ0v) is 9.51. The standard InChI is InChI=1S/C13H21N/c1-4-13(14-5-2)10-12-8-6-11(3)7-9-12/h6-9,13-14H,4-5,10H2,1-3H3/t13-/m1/s1. The maximum absolute atomic E-state index is 3.50. The van der Waals surface area contributed by atoms with Gasteiger partial charge in [-0.1, -0.05) is 43.7 Å². The van der Waals surface area contributed by atoms with Crippen molar-refractivity contribution in [1.82, 2.24) is 5.32 Å². The molecule has 14 heavy (non-hydrogen) atoms. The SMILES string of the molecule is CCN[C@H](CC)Cc1ccc(C)cc1. The summed E-state index contributed by atoms with van der Waals surface area (Å²) in [4.78, 5) is 0. The van der Waals surface area contributed by atoms with E-state index in [4.69, 9.17) is 0 Å². The van der Waals surface area contributed by atoms with Gasteiger partial charge < -0.3 is 5.32 Å². The first-order valence-corrected chi connectivity index (χ1v) is 5.55. The monoisotopic (exact) mass is 191 g/mol. The fourth-order valence-electron chi connectivity index (χ4n) is 1.66. The average Bonchev–Trinajstić information content (AvgIpc) is 2.20. The van der Waals surface area contributed by atoms with Gasteiger partial charge in [-0.2, -0.15) is 0 Å². The number of likely N-dealkylation sites (N-methyl/N-ethyl adjacent to an activating group) is 1. The summed E-state index contributed by atoms with van der Waals surface area (Å²) >= 11 is 0. The third-order valence-electron chi connectivity index (χ3n) is 2.59. The van der Waals surface area contributed by atoms with Crippen LogP contribution in [0.25, 0.3) is 0 Å². The minimum Gasteiger partial charge on any atom is -0.314 e. The van der Waals surface area contributed by atoms with Crippen LogP contribution < -0.4 is 5.32 Å². The van der Waals surface area contributed by atoms with Crippen molar-refractivity contribution in [3.63, 3.8) is 0 Å². The molecule has 0 saturated carbocycles. The number of hydrogen-bond donors (Lipinski definition) is 1. The third kappa shape index (κ3) is 3.51. The summed E-state index contributed by atoms with van der Waals surface area (Å²) in [7, 11) is 0. The lowest BCUT2D eigenvalue weighted by Gasteiger charge is -2.15. The summed E-state index contributed by atoms with van der Waals surface area (Å²) in [5.74, 6) is 0. The number of nitrogens with one attached hydrogen (secondary N) is 1. The first-order chi connectivity index (χ1) is 6.76. The van der Waals surface area contributed by atoms with Gasteiger partial charge in [-0.05, 0) is 31.9 Å². The lowest BCUT2D eigenvalue weighted by Crippen LogP contribution is -2.30. The van der Waals surface area contributed by atoms with E-state index in [0.29, 0.717) is 6.04 Å². The van der Waals surface area contributed by atoms with E-state index < -0.39 is 0 Å². The Balaban J connectivity index is 2.53. The molecule has 1 nitrogen and oxygen atoms in total. The van der Waals surface area contributed by atoms with Crippen LogP contribution in [0.15, 0.2) is 24.3 Å². The first kappa shape index (κ1) is 11.3. The highest BCUT2D eigenvalue weighted by Crippen LogP contribution is 2.07. The molecular weight excluding hydrogens is 170 g/mol. The van der Waals surface area contributed by atoms with Gasteiger partial charge in [0.2, 0.25) is 0 Å². The van der Waals surface area contributed by atoms with Crippen LogP contribution in [0.4, 0.5) is 0 Å². The number of aryl methyl sites for hydroxylation is 1. The molecule has 1 N–H and O–H groups in total. The Morgan fingerprint density at radius 2 is 1.79 bits per heavy atom. The van der Waals surface area contributed by atoms with Crippen LogP contribution in [0.3, 0.4) is 0 Å². The third-order valence-corrected chi connectivity index (χ3v) is 2.59. The Hall–Kier alpha value is -0.820. The molecule has 1 aromatic rings. The summed E-state index contributed by atoms with van der Waals surface area (Å²) in [5, 5.41) is 3.50. The number of rotatable bonds is 5. The van der Waals surface area contributed by atoms with Gasteiger partial charge in [0.15, 0.2) is 0 Å². The van der Waals surface area contributed by atoms with Gasteiger partial charge in [-0.25, -0.2) is 0 Å². The Morgan fingerprint density at radius 3 is 2.29 bits per heavy atom. The molecular formula is C13H21N. The summed E-state index contributed by atoms with van der Waals surface area (Å²) < 4.78 is 0. The van der Waals surface area contributed by atoms with Crippen LogP contribution in [0, 0.1) is 6.92 Å². The molecule has 0 fully saturated rings. The van der Waals surface area contributed by atoms with Crippen molar-refractivity contribution < 1.29 is 0 Å². The van der Waals surface area contributed by atoms with Crippen LogP contribution in [-0.2, 0) is 6.42 Å². The van der Waals surface area contributed by atoms with Crippen molar-refractivity contribution in [1.29, 1.82) is 0 Å². The van der Waals surface area contributed by atoms with Crippen molar-refractivity contribution in [2.75, 3.05) is 6.54 Å². The quantitative estimate of drug-likeness (QED) is 0.754. The normalized spacial score (nSPS) is 12.8. The van der Waals surface area contributed by atoms with Gasteiger partial charge in [0, 0.05) is 6.04 Å². The van der Waals surface area contributed by atoms with E-state index in [9.17, 15) is 0 Å². The van der Waals surface area contributed by atoms with Crippen molar-refractivity contribution in [3.8, 4) is 0 Å². The molecule has 0 bridgehead atoms. The molecule has 78 valence electrons. The van der Waals surface area contributed by atoms with E-state index in [1.165, 1.54) is 17.5 Å². The highest BCUT2D eigenvalue weighted by molar-refractivity contribution is 5.22. The summed E-state index contributed by atoms with van der Waals surface area (Å²) in [6, 6.07) is 9.47. The highest BCUT2D eigenvalue weighted by atomic mass is 14.9. The zero-order chi connectivity index (χ0) is 10.4. The molecule has 1 heteroatoms. The van der Waals surface area contributed by atoms with E-state index in [-0.39, 0.29) is 0 Å². The van der Waals surface area contributed by atoms with Crippen molar-refractivity contribution in [2.24, 2.45) is 0 Å². The van der Waals surface area contributed by atoms with Crippen molar-refractivity contribution >= 4 is 0 Å². The molecule has 0 spiro atoms. The second kappa shape index (κ2) is 5.82. The van der Waals surface area contributed by atoms with Crippen LogP contribution in [0.2, 0.25) is 0 Å². The largest absolute Gasteiger partial charge is 0.314 e. The summed E-state index contributed by atoms with van der Waals surface area (Å²) in [6.07, 6.45) is 2.34. The van der Waals surface area contributed by atoms with Crippen LogP contribution in [-0.4, -0.2) is 12.6 Å². The molecule has 1 aromatic carbocycles. The molecule has 1 atom stereocenters. The Morgan fingerprint density at radius 1 is 1.14 bits per heavy atom. The fraction of sp³-hybridized carbons (Fsp3) is 0.538. The Kier molecular flexibility index (Phi) is 4.68. The minimum absolute atomic E-state index is 0.628. The van der Waals surface area contributed by atoms with Crippen molar-refractivity contribution in [3.05, 3.63) is 35.4 Å². The lowest BCUT2D eigenvalue weighted by atomic mass is 10.0. The first-order valence-electron chi connectivity index (χ1n) is 5.55. The second-order valence-electron chi connectivity index (χ2n) is 3.85. The lowest BCUT2D eigenvalue weighted by molar-refractivity contribution is 0.510. The smallest absolute Gasteiger partial charge is 0.0105 e. The molecule has 0 heterocycles. The zero-order valence-electron chi connectivity index (χ0n) is 9.51. The van der Waals surface area contributed by atoms with E-state index in [2.05, 4.69) is 50.4 Å². The molecule has 0 unspecified atom stereocenters. The van der Waals surface area contributed by atoms with Gasteiger partial charge >= 0.3 is 0 Å². The Bertz CT molecular complexity index is 250.